The van der Waals surface area contributed by atoms with Gasteiger partial charge in [0.25, 0.3) is 0 Å². The van der Waals surface area contributed by atoms with E-state index in [9.17, 15) is 14.3 Å². The molecule has 0 spiro atoms. The van der Waals surface area contributed by atoms with Gasteiger partial charge in [-0.3, -0.25) is 13.8 Å². The van der Waals surface area contributed by atoms with Gasteiger partial charge in [0, 0.05) is 19.6 Å². The third-order valence-corrected chi connectivity index (χ3v) is 9.86. The molecule has 9 heteroatoms. The smallest absolute Gasteiger partial charge is 0.457 e. The van der Waals surface area contributed by atoms with Crippen LogP contribution in [-0.4, -0.2) is 49.9 Å². The number of nitrogens with two attached hydrogens (primary N) is 1. The molecule has 0 saturated carbocycles. The molecule has 0 aromatic rings. The van der Waals surface area contributed by atoms with Crippen molar-refractivity contribution in [1.82, 2.24) is 0 Å². The van der Waals surface area contributed by atoms with E-state index >= 15 is 0 Å². The van der Waals surface area contributed by atoms with Crippen molar-refractivity contribution in [1.29, 1.82) is 0 Å². The third-order valence-electron chi connectivity index (χ3n) is 8.87. The number of phosphoric acid groups is 1. The van der Waals surface area contributed by atoms with Crippen molar-refractivity contribution < 1.29 is 32.8 Å². The van der Waals surface area contributed by atoms with Gasteiger partial charge >= 0.3 is 13.8 Å². The summed E-state index contributed by atoms with van der Waals surface area (Å²) < 4.78 is 33.4. The second-order valence-corrected chi connectivity index (χ2v) is 15.3. The number of carbonyl (C=O) groups excluding carboxylic acids is 1. The molecule has 0 fully saturated rings. The van der Waals surface area contributed by atoms with Crippen molar-refractivity contribution in [3.05, 3.63) is 24.3 Å². The number of hydrogen-bond acceptors (Lipinski definition) is 7. The molecular formula is C41H80NO7P. The Hall–Kier alpha value is -1.02. The quantitative estimate of drug-likeness (QED) is 0.0277. The molecule has 0 heterocycles. The summed E-state index contributed by atoms with van der Waals surface area (Å²) in [6, 6.07) is 0. The summed E-state index contributed by atoms with van der Waals surface area (Å²) in [6.07, 6.45) is 41.9. The first-order chi connectivity index (χ1) is 24.4. The fourth-order valence-electron chi connectivity index (χ4n) is 5.79. The maximum Gasteiger partial charge on any atom is 0.472 e. The molecule has 50 heavy (non-hydrogen) atoms. The molecule has 0 aromatic heterocycles. The summed E-state index contributed by atoms with van der Waals surface area (Å²) >= 11 is 0. The minimum absolute atomic E-state index is 0.0948. The number of carbonyl (C=O) groups is 1. The Morgan fingerprint density at radius 1 is 0.600 bits per heavy atom. The van der Waals surface area contributed by atoms with Crippen LogP contribution in [0.25, 0.3) is 0 Å². The SMILES string of the molecule is CCCCC/C=C\C/C=C\CCCCCCCCCCOCC(COP(=O)(O)OCCN)OC(=O)CCCCCCCCCCCCCCC. The molecule has 0 bridgehead atoms. The van der Waals surface area contributed by atoms with Crippen LogP contribution in [0.5, 0.6) is 0 Å². The van der Waals surface area contributed by atoms with Crippen LogP contribution in [0.4, 0.5) is 0 Å². The summed E-state index contributed by atoms with van der Waals surface area (Å²) in [6.45, 7) is 4.90. The van der Waals surface area contributed by atoms with E-state index in [-0.39, 0.29) is 32.3 Å². The van der Waals surface area contributed by atoms with Gasteiger partial charge in [-0.25, -0.2) is 4.57 Å². The summed E-state index contributed by atoms with van der Waals surface area (Å²) in [4.78, 5) is 22.4. The molecule has 0 radical (unpaired) electrons. The molecule has 2 atom stereocenters. The van der Waals surface area contributed by atoms with Crippen molar-refractivity contribution in [2.24, 2.45) is 5.73 Å². The van der Waals surface area contributed by atoms with Crippen molar-refractivity contribution in [3.8, 4) is 0 Å². The number of allylic oxidation sites excluding steroid dienone is 4. The summed E-state index contributed by atoms with van der Waals surface area (Å²) in [5, 5.41) is 0. The van der Waals surface area contributed by atoms with Gasteiger partial charge in [-0.1, -0.05) is 167 Å². The summed E-state index contributed by atoms with van der Waals surface area (Å²) in [7, 11) is -4.27. The van der Waals surface area contributed by atoms with Gasteiger partial charge in [0.1, 0.15) is 6.10 Å². The molecular weight excluding hydrogens is 649 g/mol. The van der Waals surface area contributed by atoms with Gasteiger partial charge in [0.15, 0.2) is 0 Å². The molecule has 0 saturated heterocycles. The first kappa shape index (κ1) is 49.0. The van der Waals surface area contributed by atoms with E-state index < -0.39 is 13.9 Å². The Morgan fingerprint density at radius 2 is 1.06 bits per heavy atom. The Bertz CT molecular complexity index is 823. The highest BCUT2D eigenvalue weighted by Gasteiger charge is 2.25. The lowest BCUT2D eigenvalue weighted by atomic mass is 10.0. The predicted octanol–water partition coefficient (Wildman–Crippen LogP) is 12.1. The zero-order valence-electron chi connectivity index (χ0n) is 32.6. The lowest BCUT2D eigenvalue weighted by Gasteiger charge is -2.20. The monoisotopic (exact) mass is 730 g/mol. The minimum atomic E-state index is -4.27. The van der Waals surface area contributed by atoms with E-state index in [0.29, 0.717) is 13.0 Å². The van der Waals surface area contributed by atoms with Crippen molar-refractivity contribution in [2.75, 3.05) is 33.0 Å². The van der Waals surface area contributed by atoms with Gasteiger partial charge in [-0.05, 0) is 44.9 Å². The summed E-state index contributed by atoms with van der Waals surface area (Å²) in [5.74, 6) is -0.331. The van der Waals surface area contributed by atoms with E-state index in [1.54, 1.807) is 0 Å². The number of unbranched alkanes of at least 4 members (excludes halogenated alkanes) is 23. The zero-order chi connectivity index (χ0) is 36.6. The highest BCUT2D eigenvalue weighted by Crippen LogP contribution is 2.43. The molecule has 0 amide bonds. The highest BCUT2D eigenvalue weighted by molar-refractivity contribution is 7.47. The van der Waals surface area contributed by atoms with Crippen LogP contribution in [0, 0.1) is 0 Å². The van der Waals surface area contributed by atoms with Crippen LogP contribution in [0.15, 0.2) is 24.3 Å². The normalized spacial score (nSPS) is 13.8. The molecule has 3 N–H and O–H groups in total. The number of phosphoric ester groups is 1. The first-order valence-electron chi connectivity index (χ1n) is 20.8. The number of hydrogen-bond donors (Lipinski definition) is 2. The molecule has 296 valence electrons. The maximum atomic E-state index is 12.5. The number of rotatable bonds is 40. The lowest BCUT2D eigenvalue weighted by molar-refractivity contribution is -0.154. The topological polar surface area (TPSA) is 117 Å². The second-order valence-electron chi connectivity index (χ2n) is 13.9. The molecule has 2 unspecified atom stereocenters. The largest absolute Gasteiger partial charge is 0.472 e. The van der Waals surface area contributed by atoms with Crippen LogP contribution in [-0.2, 0) is 27.9 Å². The second kappa shape index (κ2) is 39.2. The zero-order valence-corrected chi connectivity index (χ0v) is 33.5. The molecule has 0 aliphatic heterocycles. The minimum Gasteiger partial charge on any atom is -0.457 e. The lowest BCUT2D eigenvalue weighted by Crippen LogP contribution is -2.28. The fraction of sp³-hybridized carbons (Fsp3) is 0.878. The van der Waals surface area contributed by atoms with Gasteiger partial charge in [0.05, 0.1) is 19.8 Å². The van der Waals surface area contributed by atoms with E-state index in [0.717, 1.165) is 38.5 Å². The highest BCUT2D eigenvalue weighted by atomic mass is 31.2. The molecule has 0 aliphatic rings. The van der Waals surface area contributed by atoms with Gasteiger partial charge < -0.3 is 20.1 Å². The molecule has 0 rings (SSSR count). The van der Waals surface area contributed by atoms with E-state index in [2.05, 4.69) is 38.2 Å². The maximum absolute atomic E-state index is 12.5. The standard InChI is InChI=1S/C41H80NO7P/c1-3-5-7-9-11-13-15-17-18-19-20-21-23-25-27-29-31-33-36-46-38-40(39-48-50(44,45)47-37-35-42)49-41(43)34-32-30-28-26-24-22-16-14-12-10-8-6-4-2/h11,13,17-18,40H,3-10,12,14-16,19-39,42H2,1-2H3,(H,44,45)/b13-11-,18-17-. The molecule has 8 nitrogen and oxygen atoms in total. The van der Waals surface area contributed by atoms with E-state index in [1.807, 2.05) is 0 Å². The Labute approximate surface area is 308 Å². The molecule has 0 aromatic carbocycles. The average Bonchev–Trinajstić information content (AvgIpc) is 3.10. The van der Waals surface area contributed by atoms with Gasteiger partial charge in [0.2, 0.25) is 0 Å². The first-order valence-corrected chi connectivity index (χ1v) is 22.3. The Kier molecular flexibility index (Phi) is 38.4. The average molecular weight is 730 g/mol. The number of ether oxygens (including phenoxy) is 2. The van der Waals surface area contributed by atoms with Crippen LogP contribution >= 0.6 is 7.82 Å². The van der Waals surface area contributed by atoms with Gasteiger partial charge in [-0.15, -0.1) is 0 Å². The molecule has 0 aliphatic carbocycles. The Morgan fingerprint density at radius 3 is 1.60 bits per heavy atom. The van der Waals surface area contributed by atoms with Crippen LogP contribution in [0.1, 0.15) is 194 Å². The van der Waals surface area contributed by atoms with Crippen molar-refractivity contribution in [3.63, 3.8) is 0 Å². The summed E-state index contributed by atoms with van der Waals surface area (Å²) in [5.41, 5.74) is 5.36. The van der Waals surface area contributed by atoms with Crippen LogP contribution < -0.4 is 5.73 Å². The third kappa shape index (κ3) is 38.2. The Balaban J connectivity index is 4.02. The fourth-order valence-corrected chi connectivity index (χ4v) is 6.56. The van der Waals surface area contributed by atoms with Crippen LogP contribution in [0.2, 0.25) is 0 Å². The predicted molar refractivity (Wildman–Crippen MR) is 210 cm³/mol. The van der Waals surface area contributed by atoms with Gasteiger partial charge in [-0.2, -0.15) is 0 Å². The van der Waals surface area contributed by atoms with Crippen molar-refractivity contribution >= 4 is 13.8 Å². The number of esters is 1. The van der Waals surface area contributed by atoms with Crippen LogP contribution in [0.3, 0.4) is 0 Å². The van der Waals surface area contributed by atoms with E-state index in [4.69, 9.17) is 24.3 Å². The van der Waals surface area contributed by atoms with E-state index in [1.165, 1.54) is 135 Å². The van der Waals surface area contributed by atoms with Crippen molar-refractivity contribution in [2.45, 2.75) is 200 Å².